The summed E-state index contributed by atoms with van der Waals surface area (Å²) in [5.74, 6) is -4.52. The highest BCUT2D eigenvalue weighted by Gasteiger charge is 2.23. The molecule has 0 aromatic heterocycles. The lowest BCUT2D eigenvalue weighted by Crippen LogP contribution is -2.14. The molecule has 0 aliphatic carbocycles. The second-order valence-corrected chi connectivity index (χ2v) is 6.35. The van der Waals surface area contributed by atoms with Crippen LogP contribution in [0.3, 0.4) is 0 Å². The molecule has 6 heteroatoms. The summed E-state index contributed by atoms with van der Waals surface area (Å²) in [5, 5.41) is 9.16. The van der Waals surface area contributed by atoms with Crippen molar-refractivity contribution >= 4 is 16.7 Å². The lowest BCUT2D eigenvalue weighted by atomic mass is 10.0. The fraction of sp³-hybridized carbons (Fsp3) is 0.182. The minimum atomic E-state index is -1.28. The zero-order valence-electron chi connectivity index (χ0n) is 15.1. The predicted molar refractivity (Wildman–Crippen MR) is 98.5 cm³/mol. The van der Waals surface area contributed by atoms with Crippen molar-refractivity contribution in [3.05, 3.63) is 76.6 Å². The number of esters is 1. The standard InChI is InChI=1S/C22H16F3NO2/c1-2-3-4-13-5-8-17-15(9-13)10-19(24)20(21(17)25)22(27)28-16-7-6-14(12-26)18(23)11-16/h5-11H,2-4H2,1H3. The average Bonchev–Trinajstić information content (AvgIpc) is 2.66. The Kier molecular flexibility index (Phi) is 5.65. The van der Waals surface area contributed by atoms with E-state index in [1.54, 1.807) is 18.2 Å². The number of carbonyl (C=O) groups is 1. The molecular formula is C22H16F3NO2. The summed E-state index contributed by atoms with van der Waals surface area (Å²) in [6.07, 6.45) is 2.76. The van der Waals surface area contributed by atoms with Crippen molar-refractivity contribution in [2.45, 2.75) is 26.2 Å². The smallest absolute Gasteiger partial charge is 0.349 e. The van der Waals surface area contributed by atoms with E-state index in [0.29, 0.717) is 5.39 Å². The van der Waals surface area contributed by atoms with Crippen LogP contribution in [0.15, 0.2) is 42.5 Å². The summed E-state index contributed by atoms with van der Waals surface area (Å²) in [5.41, 5.74) is -0.128. The number of benzene rings is 3. The number of rotatable bonds is 5. The van der Waals surface area contributed by atoms with Gasteiger partial charge in [-0.25, -0.2) is 18.0 Å². The van der Waals surface area contributed by atoms with Crippen LogP contribution < -0.4 is 4.74 Å². The molecule has 0 N–H and O–H groups in total. The summed E-state index contributed by atoms with van der Waals surface area (Å²) in [4.78, 5) is 12.3. The maximum atomic E-state index is 14.8. The van der Waals surface area contributed by atoms with E-state index in [1.807, 2.05) is 0 Å². The van der Waals surface area contributed by atoms with Crippen LogP contribution in [-0.4, -0.2) is 5.97 Å². The summed E-state index contributed by atoms with van der Waals surface area (Å²) in [6, 6.07) is 10.8. The zero-order chi connectivity index (χ0) is 20.3. The van der Waals surface area contributed by atoms with Crippen LogP contribution in [0.1, 0.15) is 41.3 Å². The van der Waals surface area contributed by atoms with Crippen LogP contribution in [0.25, 0.3) is 10.8 Å². The molecule has 0 aliphatic heterocycles. The molecule has 142 valence electrons. The first-order chi connectivity index (χ1) is 13.4. The first-order valence-corrected chi connectivity index (χ1v) is 8.77. The normalized spacial score (nSPS) is 10.7. The Morgan fingerprint density at radius 3 is 2.54 bits per heavy atom. The zero-order valence-corrected chi connectivity index (χ0v) is 15.1. The largest absolute Gasteiger partial charge is 0.423 e. The molecule has 0 heterocycles. The van der Waals surface area contributed by atoms with Gasteiger partial charge in [0.2, 0.25) is 0 Å². The van der Waals surface area contributed by atoms with Crippen LogP contribution in [0.4, 0.5) is 13.2 Å². The minimum Gasteiger partial charge on any atom is -0.423 e. The molecule has 28 heavy (non-hydrogen) atoms. The molecule has 0 saturated carbocycles. The van der Waals surface area contributed by atoms with Crippen LogP contribution in [-0.2, 0) is 6.42 Å². The molecule has 0 aliphatic rings. The van der Waals surface area contributed by atoms with E-state index in [-0.39, 0.29) is 16.7 Å². The average molecular weight is 383 g/mol. The number of hydrogen-bond donors (Lipinski definition) is 0. The van der Waals surface area contributed by atoms with Crippen LogP contribution in [0.2, 0.25) is 0 Å². The molecule has 0 radical (unpaired) electrons. The lowest BCUT2D eigenvalue weighted by molar-refractivity contribution is 0.0724. The van der Waals surface area contributed by atoms with E-state index in [1.165, 1.54) is 12.1 Å². The molecular weight excluding hydrogens is 367 g/mol. The Morgan fingerprint density at radius 2 is 1.86 bits per heavy atom. The van der Waals surface area contributed by atoms with Gasteiger partial charge < -0.3 is 4.74 Å². The fourth-order valence-corrected chi connectivity index (χ4v) is 2.91. The Bertz CT molecular complexity index is 1100. The number of nitriles is 1. The Labute approximate surface area is 160 Å². The predicted octanol–water partition coefficient (Wildman–Crippen LogP) is 5.69. The van der Waals surface area contributed by atoms with Gasteiger partial charge in [-0.3, -0.25) is 0 Å². The number of ether oxygens (including phenoxy) is 1. The highest BCUT2D eigenvalue weighted by molar-refractivity contribution is 5.97. The van der Waals surface area contributed by atoms with Crippen LogP contribution in [0.5, 0.6) is 5.75 Å². The highest BCUT2D eigenvalue weighted by atomic mass is 19.1. The summed E-state index contributed by atoms with van der Waals surface area (Å²) < 4.78 is 47.8. The number of hydrogen-bond acceptors (Lipinski definition) is 3. The quantitative estimate of drug-likeness (QED) is 0.420. The SMILES string of the molecule is CCCCc1ccc2c(F)c(C(=O)Oc3ccc(C#N)c(F)c3)c(F)cc2c1. The number of halogens is 3. The van der Waals surface area contributed by atoms with Crippen molar-refractivity contribution in [2.24, 2.45) is 0 Å². The first-order valence-electron chi connectivity index (χ1n) is 8.77. The molecule has 3 aromatic rings. The minimum absolute atomic E-state index is 0.0969. The third-order valence-corrected chi connectivity index (χ3v) is 4.39. The van der Waals surface area contributed by atoms with Gasteiger partial charge in [-0.2, -0.15) is 5.26 Å². The van der Waals surface area contributed by atoms with Gasteiger partial charge in [0, 0.05) is 11.5 Å². The van der Waals surface area contributed by atoms with Crippen molar-refractivity contribution in [3.63, 3.8) is 0 Å². The van der Waals surface area contributed by atoms with E-state index in [4.69, 9.17) is 10.00 Å². The lowest BCUT2D eigenvalue weighted by Gasteiger charge is -2.10. The number of fused-ring (bicyclic) bond motifs is 1. The molecule has 0 atom stereocenters. The molecule has 3 aromatic carbocycles. The van der Waals surface area contributed by atoms with Crippen molar-refractivity contribution in [3.8, 4) is 11.8 Å². The van der Waals surface area contributed by atoms with Gasteiger partial charge in [0.05, 0.1) is 5.56 Å². The summed E-state index contributed by atoms with van der Waals surface area (Å²) >= 11 is 0. The molecule has 0 saturated heterocycles. The van der Waals surface area contributed by atoms with E-state index in [0.717, 1.165) is 43.0 Å². The Hall–Kier alpha value is -3.33. The Morgan fingerprint density at radius 1 is 1.07 bits per heavy atom. The Balaban J connectivity index is 1.95. The summed E-state index contributed by atoms with van der Waals surface area (Å²) in [7, 11) is 0. The second-order valence-electron chi connectivity index (χ2n) is 6.35. The number of nitrogens with zero attached hydrogens (tertiary/aromatic N) is 1. The van der Waals surface area contributed by atoms with Gasteiger partial charge in [-0.05, 0) is 42.0 Å². The van der Waals surface area contributed by atoms with Crippen molar-refractivity contribution in [1.82, 2.24) is 0 Å². The van der Waals surface area contributed by atoms with Gasteiger partial charge in [-0.15, -0.1) is 0 Å². The van der Waals surface area contributed by atoms with E-state index >= 15 is 0 Å². The molecule has 0 unspecified atom stereocenters. The van der Waals surface area contributed by atoms with Gasteiger partial charge in [0.1, 0.15) is 34.8 Å². The van der Waals surface area contributed by atoms with Gasteiger partial charge in [0.15, 0.2) is 0 Å². The number of unbranched alkanes of at least 4 members (excludes halogenated alkanes) is 1. The second kappa shape index (κ2) is 8.13. The van der Waals surface area contributed by atoms with Crippen LogP contribution in [0, 0.1) is 28.8 Å². The van der Waals surface area contributed by atoms with Gasteiger partial charge in [0.25, 0.3) is 0 Å². The van der Waals surface area contributed by atoms with Crippen molar-refractivity contribution < 1.29 is 22.7 Å². The van der Waals surface area contributed by atoms with E-state index in [9.17, 15) is 18.0 Å². The molecule has 0 spiro atoms. The van der Waals surface area contributed by atoms with Crippen LogP contribution >= 0.6 is 0 Å². The number of carbonyl (C=O) groups excluding carboxylic acids is 1. The molecule has 0 fully saturated rings. The summed E-state index contributed by atoms with van der Waals surface area (Å²) in [6.45, 7) is 2.05. The third kappa shape index (κ3) is 3.84. The molecule has 0 bridgehead atoms. The monoisotopic (exact) mass is 383 g/mol. The molecule has 3 nitrogen and oxygen atoms in total. The first kappa shape index (κ1) is 19.4. The van der Waals surface area contributed by atoms with Crippen molar-refractivity contribution in [1.29, 1.82) is 5.26 Å². The topological polar surface area (TPSA) is 50.1 Å². The third-order valence-electron chi connectivity index (χ3n) is 4.39. The van der Waals surface area contributed by atoms with Gasteiger partial charge in [-0.1, -0.05) is 31.5 Å². The fourth-order valence-electron chi connectivity index (χ4n) is 2.91. The van der Waals surface area contributed by atoms with Gasteiger partial charge >= 0.3 is 5.97 Å². The van der Waals surface area contributed by atoms with E-state index in [2.05, 4.69) is 6.92 Å². The molecule has 3 rings (SSSR count). The molecule has 0 amide bonds. The maximum absolute atomic E-state index is 14.8. The van der Waals surface area contributed by atoms with Crippen molar-refractivity contribution in [2.75, 3.05) is 0 Å². The van der Waals surface area contributed by atoms with E-state index < -0.39 is 29.0 Å². The maximum Gasteiger partial charge on any atom is 0.349 e. The highest BCUT2D eigenvalue weighted by Crippen LogP contribution is 2.27. The number of aryl methyl sites for hydroxylation is 1.